The molecule has 0 aliphatic heterocycles. The van der Waals surface area contributed by atoms with Crippen molar-refractivity contribution in [3.8, 4) is 0 Å². The fraction of sp³-hybridized carbons (Fsp3) is 0.350. The third-order valence-corrected chi connectivity index (χ3v) is 11.5. The summed E-state index contributed by atoms with van der Waals surface area (Å²) < 4.78 is 30.8. The molecule has 258 valence electrons. The summed E-state index contributed by atoms with van der Waals surface area (Å²) in [4.78, 5) is 30.7. The minimum Gasteiger partial charge on any atom is -0.352 e. The topological polar surface area (TPSA) is 86.8 Å². The van der Waals surface area contributed by atoms with Crippen LogP contribution in [0.4, 0.5) is 5.69 Å². The fourth-order valence-electron chi connectivity index (χ4n) is 6.28. The molecule has 0 heterocycles. The Morgan fingerprint density at radius 2 is 1.45 bits per heavy atom. The monoisotopic (exact) mass is 743 g/mol. The van der Waals surface area contributed by atoms with E-state index in [9.17, 15) is 18.0 Å². The van der Waals surface area contributed by atoms with E-state index in [4.69, 9.17) is 0 Å². The molecular weight excluding hydrogens is 698 g/mol. The summed E-state index contributed by atoms with van der Waals surface area (Å²) in [5, 5.41) is 3.26. The van der Waals surface area contributed by atoms with Crippen LogP contribution in [0.15, 0.2) is 112 Å². The van der Waals surface area contributed by atoms with Gasteiger partial charge in [0.05, 0.1) is 10.6 Å². The van der Waals surface area contributed by atoms with Gasteiger partial charge in [0.25, 0.3) is 10.0 Å². The number of anilines is 1. The number of benzene rings is 4. The van der Waals surface area contributed by atoms with Gasteiger partial charge in [-0.05, 0) is 78.8 Å². The Morgan fingerprint density at radius 1 is 0.816 bits per heavy atom. The predicted molar refractivity (Wildman–Crippen MR) is 200 cm³/mol. The summed E-state index contributed by atoms with van der Waals surface area (Å²) in [6.07, 6.45) is 5.35. The lowest BCUT2D eigenvalue weighted by Crippen LogP contribution is -2.55. The minimum absolute atomic E-state index is 0.0436. The maximum atomic E-state index is 14.8. The molecule has 1 N–H and O–H groups in total. The molecule has 0 spiro atoms. The van der Waals surface area contributed by atoms with Crippen LogP contribution in [0, 0.1) is 6.92 Å². The van der Waals surface area contributed by atoms with Crippen molar-refractivity contribution in [1.82, 2.24) is 10.2 Å². The van der Waals surface area contributed by atoms with Crippen molar-refractivity contribution < 1.29 is 18.0 Å². The Kier molecular flexibility index (Phi) is 12.3. The molecule has 0 bridgehead atoms. The van der Waals surface area contributed by atoms with Crippen LogP contribution in [-0.4, -0.2) is 43.8 Å². The maximum absolute atomic E-state index is 14.8. The SMILES string of the molecule is Cc1ccc(S(=O)(=O)N(CC(=O)N(Cc2ccc(Br)cc2)[C@@H](Cc2ccccc2)C(=O)NC2CCCCC2)c2ccc(C(C)C)cc2)cc1. The van der Waals surface area contributed by atoms with Crippen molar-refractivity contribution in [3.05, 3.63) is 130 Å². The quantitative estimate of drug-likeness (QED) is 0.150. The van der Waals surface area contributed by atoms with E-state index in [0.29, 0.717) is 5.69 Å². The predicted octanol–water partition coefficient (Wildman–Crippen LogP) is 8.17. The molecule has 1 aliphatic rings. The molecule has 1 atom stereocenters. The first-order valence-corrected chi connectivity index (χ1v) is 19.3. The van der Waals surface area contributed by atoms with Crippen molar-refractivity contribution in [2.24, 2.45) is 0 Å². The molecule has 0 saturated heterocycles. The molecule has 4 aromatic carbocycles. The van der Waals surface area contributed by atoms with Gasteiger partial charge < -0.3 is 10.2 Å². The maximum Gasteiger partial charge on any atom is 0.264 e. The van der Waals surface area contributed by atoms with Gasteiger partial charge in [-0.3, -0.25) is 13.9 Å². The average molecular weight is 745 g/mol. The highest BCUT2D eigenvalue weighted by atomic mass is 79.9. The Morgan fingerprint density at radius 3 is 2.06 bits per heavy atom. The van der Waals surface area contributed by atoms with Gasteiger partial charge in [-0.25, -0.2) is 8.42 Å². The van der Waals surface area contributed by atoms with Gasteiger partial charge in [-0.1, -0.05) is 121 Å². The van der Waals surface area contributed by atoms with Crippen LogP contribution in [0.25, 0.3) is 0 Å². The largest absolute Gasteiger partial charge is 0.352 e. The molecule has 2 amide bonds. The van der Waals surface area contributed by atoms with Gasteiger partial charge in [-0.15, -0.1) is 0 Å². The first kappa shape index (κ1) is 36.3. The van der Waals surface area contributed by atoms with E-state index in [1.807, 2.05) is 73.7 Å². The molecule has 0 aromatic heterocycles. The van der Waals surface area contributed by atoms with Crippen LogP contribution in [-0.2, 0) is 32.6 Å². The van der Waals surface area contributed by atoms with Gasteiger partial charge in [0, 0.05) is 23.5 Å². The zero-order valence-electron chi connectivity index (χ0n) is 28.5. The van der Waals surface area contributed by atoms with Crippen molar-refractivity contribution in [3.63, 3.8) is 0 Å². The number of nitrogens with zero attached hydrogens (tertiary/aromatic N) is 2. The number of aryl methyl sites for hydroxylation is 1. The van der Waals surface area contributed by atoms with Crippen LogP contribution in [0.5, 0.6) is 0 Å². The van der Waals surface area contributed by atoms with Gasteiger partial charge in [-0.2, -0.15) is 0 Å². The zero-order chi connectivity index (χ0) is 35.0. The third-order valence-electron chi connectivity index (χ3n) is 9.22. The van der Waals surface area contributed by atoms with Crippen LogP contribution in [0.1, 0.15) is 74.1 Å². The van der Waals surface area contributed by atoms with Crippen molar-refractivity contribution in [2.45, 2.75) is 88.7 Å². The molecule has 9 heteroatoms. The number of hydrogen-bond donors (Lipinski definition) is 1. The molecule has 0 unspecified atom stereocenters. The van der Waals surface area contributed by atoms with E-state index in [2.05, 4.69) is 35.1 Å². The first-order valence-electron chi connectivity index (χ1n) is 17.1. The van der Waals surface area contributed by atoms with Crippen LogP contribution < -0.4 is 9.62 Å². The normalized spacial score (nSPS) is 14.3. The zero-order valence-corrected chi connectivity index (χ0v) is 30.9. The summed E-state index contributed by atoms with van der Waals surface area (Å²) in [5.41, 5.74) is 4.11. The van der Waals surface area contributed by atoms with E-state index in [1.165, 1.54) is 4.31 Å². The Hall–Kier alpha value is -3.95. The van der Waals surface area contributed by atoms with Crippen molar-refractivity contribution in [2.75, 3.05) is 10.8 Å². The second-order valence-corrected chi connectivity index (χ2v) is 16.0. The number of nitrogens with one attached hydrogen (secondary N) is 1. The molecular formula is C40H46BrN3O4S. The van der Waals surface area contributed by atoms with E-state index in [0.717, 1.165) is 58.8 Å². The number of carbonyl (C=O) groups excluding carboxylic acids is 2. The molecule has 1 saturated carbocycles. The molecule has 7 nitrogen and oxygen atoms in total. The van der Waals surface area contributed by atoms with Crippen LogP contribution in [0.3, 0.4) is 0 Å². The smallest absolute Gasteiger partial charge is 0.264 e. The van der Waals surface area contributed by atoms with Gasteiger partial charge in [0.1, 0.15) is 12.6 Å². The first-order chi connectivity index (χ1) is 23.5. The van der Waals surface area contributed by atoms with E-state index in [-0.39, 0.29) is 35.7 Å². The molecule has 0 radical (unpaired) electrons. The minimum atomic E-state index is -4.16. The van der Waals surface area contributed by atoms with Gasteiger partial charge >= 0.3 is 0 Å². The lowest BCUT2D eigenvalue weighted by molar-refractivity contribution is -0.140. The number of hydrogen-bond acceptors (Lipinski definition) is 4. The Bertz CT molecular complexity index is 1790. The summed E-state index contributed by atoms with van der Waals surface area (Å²) >= 11 is 3.50. The molecule has 1 fully saturated rings. The molecule has 49 heavy (non-hydrogen) atoms. The lowest BCUT2D eigenvalue weighted by Gasteiger charge is -2.35. The lowest BCUT2D eigenvalue weighted by atomic mass is 9.94. The van der Waals surface area contributed by atoms with E-state index >= 15 is 0 Å². The van der Waals surface area contributed by atoms with Crippen molar-refractivity contribution in [1.29, 1.82) is 0 Å². The number of rotatable bonds is 13. The number of sulfonamides is 1. The second kappa shape index (κ2) is 16.6. The highest BCUT2D eigenvalue weighted by molar-refractivity contribution is 9.10. The number of carbonyl (C=O) groups is 2. The molecule has 1 aliphatic carbocycles. The number of amides is 2. The highest BCUT2D eigenvalue weighted by Crippen LogP contribution is 2.28. The summed E-state index contributed by atoms with van der Waals surface area (Å²) in [7, 11) is -4.16. The Labute approximate surface area is 299 Å². The molecule has 5 rings (SSSR count). The standard InChI is InChI=1S/C40H46BrN3O4S/c1-29(2)33-18-22-36(23-19-33)44(49(47,48)37-24-14-30(3)15-25-37)28-39(45)43(27-32-16-20-34(41)21-17-32)38(26-31-10-6-4-7-11-31)40(46)42-35-12-8-5-9-13-35/h4,6-7,10-11,14-25,29,35,38H,5,8-9,12-13,26-28H2,1-3H3,(H,42,46)/t38-/m0/s1. The van der Waals surface area contributed by atoms with E-state index < -0.39 is 28.5 Å². The van der Waals surface area contributed by atoms with E-state index in [1.54, 1.807) is 41.3 Å². The van der Waals surface area contributed by atoms with Crippen LogP contribution in [0.2, 0.25) is 0 Å². The fourth-order valence-corrected chi connectivity index (χ4v) is 7.95. The average Bonchev–Trinajstić information content (AvgIpc) is 3.10. The molecule has 4 aromatic rings. The van der Waals surface area contributed by atoms with Crippen molar-refractivity contribution >= 4 is 43.5 Å². The van der Waals surface area contributed by atoms with Gasteiger partial charge in [0.2, 0.25) is 11.8 Å². The highest BCUT2D eigenvalue weighted by Gasteiger charge is 2.35. The Balaban J connectivity index is 1.56. The summed E-state index contributed by atoms with van der Waals surface area (Å²) in [6, 6.07) is 30.4. The summed E-state index contributed by atoms with van der Waals surface area (Å²) in [5.74, 6) is -0.442. The number of halogens is 1. The second-order valence-electron chi connectivity index (χ2n) is 13.3. The van der Waals surface area contributed by atoms with Crippen LogP contribution >= 0.6 is 15.9 Å². The summed E-state index contributed by atoms with van der Waals surface area (Å²) in [6.45, 7) is 5.70. The third kappa shape index (κ3) is 9.61. The van der Waals surface area contributed by atoms with Gasteiger partial charge in [0.15, 0.2) is 0 Å².